The summed E-state index contributed by atoms with van der Waals surface area (Å²) < 4.78 is 4.05. The Hall–Kier alpha value is -1.13. The molecule has 0 unspecified atom stereocenters. The van der Waals surface area contributed by atoms with E-state index in [0.717, 1.165) is 5.01 Å². The van der Waals surface area contributed by atoms with Crippen LogP contribution in [0.5, 0.6) is 0 Å². The molecule has 0 radical (unpaired) electrons. The van der Waals surface area contributed by atoms with Gasteiger partial charge in [-0.1, -0.05) is 33.4 Å². The smallest absolute Gasteiger partial charge is 0.232 e. The van der Waals surface area contributed by atoms with Crippen LogP contribution in [0.3, 0.4) is 0 Å². The topological polar surface area (TPSA) is 88.3 Å². The molecule has 16 heavy (non-hydrogen) atoms. The number of nitrogens with one attached hydrogen (secondary N) is 1. The fourth-order valence-electron chi connectivity index (χ4n) is 0.778. The van der Waals surface area contributed by atoms with E-state index in [9.17, 15) is 0 Å². The number of anilines is 1. The third kappa shape index (κ3) is 2.93. The second kappa shape index (κ2) is 5.27. The van der Waals surface area contributed by atoms with Crippen LogP contribution < -0.4 is 5.43 Å². The van der Waals surface area contributed by atoms with E-state index in [4.69, 9.17) is 0 Å². The van der Waals surface area contributed by atoms with Gasteiger partial charge in [0.15, 0.2) is 0 Å². The van der Waals surface area contributed by atoms with Crippen molar-refractivity contribution in [3.05, 3.63) is 5.01 Å². The van der Waals surface area contributed by atoms with Crippen LogP contribution in [0.4, 0.5) is 10.3 Å². The lowest BCUT2D eigenvalue weighted by Crippen LogP contribution is -1.84. The van der Waals surface area contributed by atoms with E-state index >= 15 is 0 Å². The molecule has 0 saturated heterocycles. The molecule has 2 heterocycles. The number of aryl methyl sites for hydroxylation is 1. The van der Waals surface area contributed by atoms with Crippen molar-refractivity contribution in [2.45, 2.75) is 12.1 Å². The first kappa shape index (κ1) is 11.4. The van der Waals surface area contributed by atoms with E-state index in [1.807, 2.05) is 13.2 Å². The van der Waals surface area contributed by atoms with E-state index in [1.54, 1.807) is 0 Å². The highest BCUT2D eigenvalue weighted by molar-refractivity contribution is 7.98. The van der Waals surface area contributed by atoms with Gasteiger partial charge in [0, 0.05) is 11.5 Å². The summed E-state index contributed by atoms with van der Waals surface area (Å²) in [5.74, 6) is 0. The van der Waals surface area contributed by atoms with Gasteiger partial charge in [-0.25, -0.2) is 5.43 Å². The fraction of sp³-hybridized carbons (Fsp3) is 0.333. The van der Waals surface area contributed by atoms with Crippen molar-refractivity contribution in [3.8, 4) is 0 Å². The van der Waals surface area contributed by atoms with E-state index < -0.39 is 0 Å². The van der Waals surface area contributed by atoms with Gasteiger partial charge in [-0.15, -0.1) is 10.2 Å². The Morgan fingerprint density at radius 3 is 2.88 bits per heavy atom. The normalized spacial score (nSPS) is 11.1. The lowest BCUT2D eigenvalue weighted by molar-refractivity contribution is 1.01. The number of aromatic nitrogens is 4. The summed E-state index contributed by atoms with van der Waals surface area (Å²) in [7, 11) is 0. The quantitative estimate of drug-likeness (QED) is 0.523. The van der Waals surface area contributed by atoms with Crippen molar-refractivity contribution in [1.29, 1.82) is 0 Å². The summed E-state index contributed by atoms with van der Waals surface area (Å²) in [6, 6.07) is 0. The number of nitrogens with zero attached hydrogens (tertiary/aromatic N) is 6. The third-order valence-electron chi connectivity index (χ3n) is 1.39. The maximum atomic E-state index is 4.10. The zero-order chi connectivity index (χ0) is 11.4. The van der Waals surface area contributed by atoms with Gasteiger partial charge in [-0.3, -0.25) is 0 Å². The molecule has 0 aliphatic heterocycles. The summed E-state index contributed by atoms with van der Waals surface area (Å²) >= 11 is 4.08. The largest absolute Gasteiger partial charge is 0.251 e. The number of hydrogen-bond acceptors (Lipinski definition) is 9. The Balaban J connectivity index is 1.94. The van der Waals surface area contributed by atoms with E-state index in [2.05, 4.69) is 35.3 Å². The number of rotatable bonds is 4. The summed E-state index contributed by atoms with van der Waals surface area (Å²) in [5, 5.41) is 18.0. The molecule has 0 saturated carbocycles. The second-order valence-electron chi connectivity index (χ2n) is 2.50. The van der Waals surface area contributed by atoms with Gasteiger partial charge in [-0.2, -0.15) is 9.36 Å². The fourth-order valence-corrected chi connectivity index (χ4v) is 2.36. The van der Waals surface area contributed by atoms with Gasteiger partial charge < -0.3 is 0 Å². The van der Waals surface area contributed by atoms with Crippen LogP contribution in [0.25, 0.3) is 0 Å². The first-order valence-electron chi connectivity index (χ1n) is 4.12. The zero-order valence-corrected chi connectivity index (χ0v) is 10.9. The maximum Gasteiger partial charge on any atom is 0.251 e. The molecule has 0 aliphatic rings. The first-order valence-corrected chi connectivity index (χ1v) is 6.94. The average Bonchev–Trinajstić information content (AvgIpc) is 2.88. The Morgan fingerprint density at radius 1 is 1.38 bits per heavy atom. The van der Waals surface area contributed by atoms with Crippen molar-refractivity contribution in [3.63, 3.8) is 0 Å². The van der Waals surface area contributed by atoms with Crippen LogP contribution in [0, 0.1) is 6.92 Å². The Bertz CT molecular complexity index is 490. The Kier molecular flexibility index (Phi) is 3.74. The molecule has 1 N–H and O–H groups in total. The molecule has 0 aliphatic carbocycles. The minimum Gasteiger partial charge on any atom is -0.232 e. The van der Waals surface area contributed by atoms with Gasteiger partial charge in [-0.05, 0) is 13.2 Å². The molecule has 0 amide bonds. The van der Waals surface area contributed by atoms with Crippen molar-refractivity contribution >= 4 is 44.9 Å². The molecule has 0 fully saturated rings. The van der Waals surface area contributed by atoms with Crippen LogP contribution in [-0.2, 0) is 0 Å². The number of hydrogen-bond donors (Lipinski definition) is 1. The lowest BCUT2D eigenvalue weighted by Gasteiger charge is -1.86. The minimum absolute atomic E-state index is 0.512. The van der Waals surface area contributed by atoms with Gasteiger partial charge in [0.05, 0.1) is 0 Å². The molecule has 2 aromatic rings. The molecule has 2 rings (SSSR count). The minimum atomic E-state index is 0.512. The lowest BCUT2D eigenvalue weighted by atomic mass is 10.9. The molecule has 0 aromatic carbocycles. The zero-order valence-electron chi connectivity index (χ0n) is 8.41. The Morgan fingerprint density at radius 2 is 2.25 bits per heavy atom. The molecule has 7 nitrogen and oxygen atoms in total. The van der Waals surface area contributed by atoms with Gasteiger partial charge in [0.1, 0.15) is 5.01 Å². The van der Waals surface area contributed by atoms with Crippen molar-refractivity contribution in [2.75, 3.05) is 11.7 Å². The monoisotopic (exact) mass is 273 g/mol. The highest BCUT2D eigenvalue weighted by atomic mass is 32.2. The molecule has 0 bridgehead atoms. The highest BCUT2D eigenvalue weighted by Crippen LogP contribution is 2.21. The predicted octanol–water partition coefficient (Wildman–Crippen LogP) is 2.53. The molecule has 84 valence electrons. The number of thioether (sulfide) groups is 1. The van der Waals surface area contributed by atoms with E-state index in [-0.39, 0.29) is 0 Å². The highest BCUT2D eigenvalue weighted by Gasteiger charge is 2.01. The van der Waals surface area contributed by atoms with Crippen molar-refractivity contribution in [2.24, 2.45) is 10.3 Å². The summed E-state index contributed by atoms with van der Waals surface area (Å²) in [4.78, 5) is 4.10. The van der Waals surface area contributed by atoms with Crippen LogP contribution in [0.1, 0.15) is 5.01 Å². The SMILES string of the molecule is CSc1nsc(N=NNc2nnc(C)s2)n1. The van der Waals surface area contributed by atoms with Gasteiger partial charge in [0.25, 0.3) is 5.13 Å². The van der Waals surface area contributed by atoms with E-state index in [1.165, 1.54) is 34.6 Å². The van der Waals surface area contributed by atoms with Crippen LogP contribution in [0.2, 0.25) is 0 Å². The standard InChI is InChI=1S/C6H7N7S3/c1-3-8-9-6(15-3)11-13-10-4-7-5(14-2)12-16-4/h1-2H3,(H,7,9,10,11,12). The molecular formula is C6H7N7S3. The van der Waals surface area contributed by atoms with E-state index in [0.29, 0.717) is 15.4 Å². The second-order valence-corrected chi connectivity index (χ2v) is 5.19. The van der Waals surface area contributed by atoms with Crippen molar-refractivity contribution in [1.82, 2.24) is 19.6 Å². The molecule has 0 atom stereocenters. The average molecular weight is 273 g/mol. The van der Waals surface area contributed by atoms with Crippen LogP contribution >= 0.6 is 34.6 Å². The summed E-state index contributed by atoms with van der Waals surface area (Å²) in [6.45, 7) is 1.87. The third-order valence-corrected chi connectivity index (χ3v) is 3.39. The van der Waals surface area contributed by atoms with Gasteiger partial charge >= 0.3 is 0 Å². The molecular weight excluding hydrogens is 266 g/mol. The molecule has 0 spiro atoms. The van der Waals surface area contributed by atoms with Crippen molar-refractivity contribution < 1.29 is 0 Å². The summed E-state index contributed by atoms with van der Waals surface area (Å²) in [6.07, 6.45) is 1.91. The predicted molar refractivity (Wildman–Crippen MR) is 64.5 cm³/mol. The summed E-state index contributed by atoms with van der Waals surface area (Å²) in [5.41, 5.74) is 2.68. The molecule has 10 heteroatoms. The van der Waals surface area contributed by atoms with Crippen LogP contribution in [-0.4, -0.2) is 25.8 Å². The molecule has 2 aromatic heterocycles. The maximum absolute atomic E-state index is 4.10. The van der Waals surface area contributed by atoms with Crippen LogP contribution in [0.15, 0.2) is 15.5 Å². The first-order chi connectivity index (χ1) is 7.78. The van der Waals surface area contributed by atoms with Gasteiger partial charge in [0.2, 0.25) is 10.3 Å². The Labute approximate surface area is 104 Å².